The molecule has 0 saturated carbocycles. The van der Waals surface area contributed by atoms with Crippen molar-refractivity contribution in [3.8, 4) is 0 Å². The molecular weight excluding hydrogens is 317 g/mol. The van der Waals surface area contributed by atoms with E-state index in [1.165, 1.54) is 11.0 Å². The summed E-state index contributed by atoms with van der Waals surface area (Å²) in [4.78, 5) is 25.5. The van der Waals surface area contributed by atoms with Crippen molar-refractivity contribution >= 4 is 29.3 Å². The molecule has 3 rings (SSSR count). The summed E-state index contributed by atoms with van der Waals surface area (Å²) in [5, 5.41) is 10.8. The Hall–Kier alpha value is -2.60. The van der Waals surface area contributed by atoms with Crippen LogP contribution in [-0.4, -0.2) is 11.9 Å². The molecule has 0 saturated heterocycles. The molecule has 0 spiro atoms. The number of carbonyl (C=O) groups is 2. The zero-order valence-electron chi connectivity index (χ0n) is 11.9. The standard InChI is InChI=1S/C17H12FNO3S/c18-12-6-2-1-5-11(12)10-19-13-7-3-4-8-14(13)23-15(17(19)22)9-16(20)21/h1-9H,10H2,(H,20,21)/p-1. The van der Waals surface area contributed by atoms with E-state index < -0.39 is 17.7 Å². The molecule has 0 aromatic heterocycles. The molecular formula is C17H11FNO3S-. The van der Waals surface area contributed by atoms with Crippen LogP contribution >= 0.6 is 11.8 Å². The van der Waals surface area contributed by atoms with Gasteiger partial charge in [0.15, 0.2) is 0 Å². The number of benzene rings is 2. The van der Waals surface area contributed by atoms with Gasteiger partial charge in [-0.2, -0.15) is 0 Å². The molecule has 1 amide bonds. The van der Waals surface area contributed by atoms with E-state index >= 15 is 0 Å². The minimum Gasteiger partial charge on any atom is -0.545 e. The monoisotopic (exact) mass is 328 g/mol. The van der Waals surface area contributed by atoms with Crippen molar-refractivity contribution in [3.63, 3.8) is 0 Å². The highest BCUT2D eigenvalue weighted by Crippen LogP contribution is 2.41. The van der Waals surface area contributed by atoms with Gasteiger partial charge in [0.05, 0.1) is 23.1 Å². The molecule has 0 aliphatic carbocycles. The average molecular weight is 328 g/mol. The van der Waals surface area contributed by atoms with Crippen molar-refractivity contribution in [2.75, 3.05) is 4.90 Å². The van der Waals surface area contributed by atoms with Crippen molar-refractivity contribution in [1.82, 2.24) is 0 Å². The molecule has 6 heteroatoms. The van der Waals surface area contributed by atoms with Crippen molar-refractivity contribution in [2.45, 2.75) is 11.4 Å². The Labute approximate surface area is 136 Å². The Morgan fingerprint density at radius 2 is 1.87 bits per heavy atom. The van der Waals surface area contributed by atoms with Gasteiger partial charge in [0.25, 0.3) is 5.91 Å². The maximum Gasteiger partial charge on any atom is 0.265 e. The van der Waals surface area contributed by atoms with E-state index in [0.29, 0.717) is 11.3 Å². The number of hydrogen-bond donors (Lipinski definition) is 0. The number of thioether (sulfide) groups is 1. The number of anilines is 1. The predicted octanol–water partition coefficient (Wildman–Crippen LogP) is 2.10. The highest BCUT2D eigenvalue weighted by atomic mass is 32.2. The number of hydrogen-bond acceptors (Lipinski definition) is 4. The van der Waals surface area contributed by atoms with Crippen LogP contribution in [-0.2, 0) is 16.1 Å². The zero-order valence-corrected chi connectivity index (χ0v) is 12.7. The number of carbonyl (C=O) groups excluding carboxylic acids is 2. The predicted molar refractivity (Wildman–Crippen MR) is 83.0 cm³/mol. The summed E-state index contributed by atoms with van der Waals surface area (Å²) < 4.78 is 13.9. The van der Waals surface area contributed by atoms with Crippen molar-refractivity contribution in [1.29, 1.82) is 0 Å². The SMILES string of the molecule is O=C([O-])C=C1Sc2ccccc2N(Cc2ccccc2F)C1=O. The van der Waals surface area contributed by atoms with Crippen LogP contribution in [0.15, 0.2) is 64.4 Å². The molecule has 116 valence electrons. The highest BCUT2D eigenvalue weighted by Gasteiger charge is 2.29. The van der Waals surface area contributed by atoms with Gasteiger partial charge in [-0.3, -0.25) is 4.79 Å². The number of nitrogens with zero attached hydrogens (tertiary/aromatic N) is 1. The first-order chi connectivity index (χ1) is 11.1. The van der Waals surface area contributed by atoms with Crippen molar-refractivity contribution in [3.05, 3.63) is 70.9 Å². The van der Waals surface area contributed by atoms with Gasteiger partial charge in [-0.15, -0.1) is 0 Å². The summed E-state index contributed by atoms with van der Waals surface area (Å²) in [6, 6.07) is 13.3. The van der Waals surface area contributed by atoms with Gasteiger partial charge in [-0.05, 0) is 24.3 Å². The van der Waals surface area contributed by atoms with Crippen LogP contribution in [0.3, 0.4) is 0 Å². The molecule has 0 N–H and O–H groups in total. The maximum atomic E-state index is 13.9. The Morgan fingerprint density at radius 3 is 2.61 bits per heavy atom. The van der Waals surface area contributed by atoms with Crippen molar-refractivity contribution < 1.29 is 19.1 Å². The zero-order chi connectivity index (χ0) is 16.4. The summed E-state index contributed by atoms with van der Waals surface area (Å²) >= 11 is 1.07. The van der Waals surface area contributed by atoms with Gasteiger partial charge in [0.1, 0.15) is 5.82 Å². The molecule has 4 nitrogen and oxygen atoms in total. The van der Waals surface area contributed by atoms with E-state index in [1.54, 1.807) is 42.5 Å². The number of fused-ring (bicyclic) bond motifs is 1. The summed E-state index contributed by atoms with van der Waals surface area (Å²) in [5.41, 5.74) is 0.983. The third-order valence-corrected chi connectivity index (χ3v) is 4.44. The fraction of sp³-hybridized carbons (Fsp3) is 0.0588. The second-order valence-electron chi connectivity index (χ2n) is 4.88. The van der Waals surface area contributed by atoms with E-state index in [0.717, 1.165) is 22.7 Å². The second kappa shape index (κ2) is 6.26. The summed E-state index contributed by atoms with van der Waals surface area (Å²) in [6.45, 7) is 0.0213. The maximum absolute atomic E-state index is 13.9. The Balaban J connectivity index is 2.04. The van der Waals surface area contributed by atoms with Crippen LogP contribution in [0.5, 0.6) is 0 Å². The van der Waals surface area contributed by atoms with Gasteiger partial charge in [0, 0.05) is 10.5 Å². The van der Waals surface area contributed by atoms with Crippen LogP contribution in [0.4, 0.5) is 10.1 Å². The summed E-state index contributed by atoms with van der Waals surface area (Å²) in [6.07, 6.45) is 0.775. The lowest BCUT2D eigenvalue weighted by Gasteiger charge is -2.30. The first-order valence-corrected chi connectivity index (χ1v) is 7.63. The lowest BCUT2D eigenvalue weighted by atomic mass is 10.1. The molecule has 2 aromatic rings. The number of rotatable bonds is 3. The number of carboxylic acids is 1. The molecule has 1 aliphatic heterocycles. The van der Waals surface area contributed by atoms with E-state index in [-0.39, 0.29) is 11.4 Å². The normalized spacial score (nSPS) is 15.6. The lowest BCUT2D eigenvalue weighted by Crippen LogP contribution is -2.35. The first kappa shape index (κ1) is 15.3. The van der Waals surface area contributed by atoms with Crippen LogP contribution in [0.2, 0.25) is 0 Å². The summed E-state index contributed by atoms with van der Waals surface area (Å²) in [7, 11) is 0. The molecule has 0 radical (unpaired) electrons. The fourth-order valence-corrected chi connectivity index (χ4v) is 3.34. The van der Waals surface area contributed by atoms with Crippen LogP contribution < -0.4 is 10.0 Å². The molecule has 0 fully saturated rings. The highest BCUT2D eigenvalue weighted by molar-refractivity contribution is 8.04. The Morgan fingerprint density at radius 1 is 1.17 bits per heavy atom. The minimum atomic E-state index is -1.44. The molecule has 0 unspecified atom stereocenters. The van der Waals surface area contributed by atoms with Crippen LogP contribution in [0.1, 0.15) is 5.56 Å². The minimum absolute atomic E-state index is 0.0213. The van der Waals surface area contributed by atoms with E-state index in [1.807, 2.05) is 0 Å². The largest absolute Gasteiger partial charge is 0.545 e. The number of carboxylic acid groups (broad SMARTS) is 1. The van der Waals surface area contributed by atoms with Crippen LogP contribution in [0, 0.1) is 5.82 Å². The average Bonchev–Trinajstić information content (AvgIpc) is 2.52. The second-order valence-corrected chi connectivity index (χ2v) is 5.96. The van der Waals surface area contributed by atoms with E-state index in [9.17, 15) is 19.1 Å². The molecule has 23 heavy (non-hydrogen) atoms. The van der Waals surface area contributed by atoms with Gasteiger partial charge >= 0.3 is 0 Å². The Bertz CT molecular complexity index is 819. The van der Waals surface area contributed by atoms with E-state index in [4.69, 9.17) is 0 Å². The molecule has 0 atom stereocenters. The van der Waals surface area contributed by atoms with Crippen LogP contribution in [0.25, 0.3) is 0 Å². The van der Waals surface area contributed by atoms with Gasteiger partial charge in [-0.1, -0.05) is 42.1 Å². The third kappa shape index (κ3) is 3.12. The fourth-order valence-electron chi connectivity index (χ4n) is 2.32. The lowest BCUT2D eigenvalue weighted by molar-refractivity contribution is -0.297. The van der Waals surface area contributed by atoms with E-state index in [2.05, 4.69) is 0 Å². The molecule has 1 heterocycles. The topological polar surface area (TPSA) is 60.4 Å². The Kier molecular flexibility index (Phi) is 4.16. The van der Waals surface area contributed by atoms with Crippen molar-refractivity contribution in [2.24, 2.45) is 0 Å². The smallest absolute Gasteiger partial charge is 0.265 e. The number of amides is 1. The number of para-hydroxylation sites is 1. The first-order valence-electron chi connectivity index (χ1n) is 6.81. The molecule has 1 aliphatic rings. The van der Waals surface area contributed by atoms with Gasteiger partial charge in [-0.25, -0.2) is 4.39 Å². The number of halogens is 1. The molecule has 0 bridgehead atoms. The molecule has 2 aromatic carbocycles. The number of aliphatic carboxylic acids is 1. The summed E-state index contributed by atoms with van der Waals surface area (Å²) in [5.74, 6) is -2.34. The van der Waals surface area contributed by atoms with Gasteiger partial charge in [0.2, 0.25) is 0 Å². The third-order valence-electron chi connectivity index (χ3n) is 3.37. The quantitative estimate of drug-likeness (QED) is 0.810. The van der Waals surface area contributed by atoms with Gasteiger partial charge < -0.3 is 14.8 Å².